The van der Waals surface area contributed by atoms with Crippen LogP contribution in [0.15, 0.2) is 42.7 Å². The molecule has 0 unspecified atom stereocenters. The van der Waals surface area contributed by atoms with E-state index in [1.165, 1.54) is 0 Å². The molecule has 0 saturated heterocycles. The monoisotopic (exact) mass is 373 g/mol. The number of halogens is 1. The smallest absolute Gasteiger partial charge is 0.272 e. The van der Waals surface area contributed by atoms with Crippen LogP contribution >= 0.6 is 11.6 Å². The Morgan fingerprint density at radius 3 is 2.92 bits per heavy atom. The highest BCUT2D eigenvalue weighted by atomic mass is 35.5. The van der Waals surface area contributed by atoms with Gasteiger partial charge in [-0.25, -0.2) is 4.68 Å². The lowest BCUT2D eigenvalue weighted by molar-refractivity contribution is 0.0943. The molecule has 3 aromatic rings. The zero-order chi connectivity index (χ0) is 18.5. The predicted molar refractivity (Wildman–Crippen MR) is 98.1 cm³/mol. The SMILES string of the molecule is CCn1nccc1CNC(=O)c1ccn(COc2ccc(Cl)c(C)c2)n1. The fraction of sp³-hybridized carbons (Fsp3) is 0.278. The van der Waals surface area contributed by atoms with Crippen molar-refractivity contribution in [1.29, 1.82) is 0 Å². The van der Waals surface area contributed by atoms with E-state index in [0.29, 0.717) is 23.0 Å². The molecule has 0 fully saturated rings. The van der Waals surface area contributed by atoms with Gasteiger partial charge in [0.25, 0.3) is 5.91 Å². The Balaban J connectivity index is 1.55. The summed E-state index contributed by atoms with van der Waals surface area (Å²) in [6.45, 7) is 5.28. The quantitative estimate of drug-likeness (QED) is 0.690. The van der Waals surface area contributed by atoms with Crippen molar-refractivity contribution in [2.24, 2.45) is 0 Å². The van der Waals surface area contributed by atoms with Gasteiger partial charge in [-0.3, -0.25) is 9.48 Å². The molecule has 0 aliphatic rings. The molecule has 8 heteroatoms. The Hall–Kier alpha value is -2.80. The van der Waals surface area contributed by atoms with E-state index in [4.69, 9.17) is 16.3 Å². The number of nitrogens with zero attached hydrogens (tertiary/aromatic N) is 4. The van der Waals surface area contributed by atoms with E-state index >= 15 is 0 Å². The minimum absolute atomic E-state index is 0.205. The highest BCUT2D eigenvalue weighted by molar-refractivity contribution is 6.31. The van der Waals surface area contributed by atoms with Crippen molar-refractivity contribution < 1.29 is 9.53 Å². The molecule has 0 atom stereocenters. The maximum absolute atomic E-state index is 12.2. The molecule has 2 heterocycles. The van der Waals surface area contributed by atoms with Gasteiger partial charge >= 0.3 is 0 Å². The number of hydrogen-bond donors (Lipinski definition) is 1. The Kier molecular flexibility index (Phi) is 5.58. The molecule has 1 amide bonds. The van der Waals surface area contributed by atoms with Crippen LogP contribution in [-0.2, 0) is 19.8 Å². The van der Waals surface area contributed by atoms with Gasteiger partial charge in [-0.05, 0) is 49.7 Å². The summed E-state index contributed by atoms with van der Waals surface area (Å²) in [5, 5.41) is 12.0. The van der Waals surface area contributed by atoms with Crippen molar-refractivity contribution in [2.45, 2.75) is 33.7 Å². The molecule has 0 aliphatic carbocycles. The maximum Gasteiger partial charge on any atom is 0.272 e. The Morgan fingerprint density at radius 2 is 2.15 bits per heavy atom. The number of rotatable bonds is 7. The summed E-state index contributed by atoms with van der Waals surface area (Å²) in [4.78, 5) is 12.2. The van der Waals surface area contributed by atoms with E-state index in [1.54, 1.807) is 35.3 Å². The summed E-state index contributed by atoms with van der Waals surface area (Å²) < 4.78 is 9.07. The second-order valence-electron chi connectivity index (χ2n) is 5.75. The Bertz CT molecular complexity index is 903. The standard InChI is InChI=1S/C18H20ClN5O2/c1-3-24-14(6-8-21-24)11-20-18(25)17-7-9-23(22-17)12-26-15-4-5-16(19)13(2)10-15/h4-10H,3,11-12H2,1-2H3,(H,20,25). The number of benzene rings is 1. The van der Waals surface area contributed by atoms with Crippen molar-refractivity contribution in [3.63, 3.8) is 0 Å². The average molecular weight is 374 g/mol. The highest BCUT2D eigenvalue weighted by Gasteiger charge is 2.11. The first kappa shape index (κ1) is 18.0. The molecule has 0 radical (unpaired) electrons. The lowest BCUT2D eigenvalue weighted by atomic mass is 10.2. The molecular formula is C18H20ClN5O2. The first-order chi connectivity index (χ1) is 12.6. The van der Waals surface area contributed by atoms with Crippen molar-refractivity contribution in [3.8, 4) is 5.75 Å². The van der Waals surface area contributed by atoms with Crippen LogP contribution in [0.3, 0.4) is 0 Å². The molecule has 1 N–H and O–H groups in total. The van der Waals surface area contributed by atoms with E-state index in [-0.39, 0.29) is 12.6 Å². The van der Waals surface area contributed by atoms with Gasteiger partial charge in [0.15, 0.2) is 6.73 Å². The van der Waals surface area contributed by atoms with Gasteiger partial charge in [0.1, 0.15) is 11.4 Å². The van der Waals surface area contributed by atoms with Crippen LogP contribution in [0, 0.1) is 6.92 Å². The summed E-state index contributed by atoms with van der Waals surface area (Å²) in [5.41, 5.74) is 2.22. The maximum atomic E-state index is 12.2. The first-order valence-electron chi connectivity index (χ1n) is 8.28. The first-order valence-corrected chi connectivity index (χ1v) is 8.66. The van der Waals surface area contributed by atoms with Crippen molar-refractivity contribution in [1.82, 2.24) is 24.9 Å². The van der Waals surface area contributed by atoms with E-state index in [2.05, 4.69) is 15.5 Å². The van der Waals surface area contributed by atoms with Crippen LogP contribution in [0.5, 0.6) is 5.75 Å². The van der Waals surface area contributed by atoms with Crippen LogP contribution in [-0.4, -0.2) is 25.5 Å². The zero-order valence-corrected chi connectivity index (χ0v) is 15.4. The molecule has 0 aliphatic heterocycles. The molecule has 136 valence electrons. The largest absolute Gasteiger partial charge is 0.471 e. The molecule has 0 spiro atoms. The molecule has 7 nitrogen and oxygen atoms in total. The predicted octanol–water partition coefficient (Wildman–Crippen LogP) is 3.03. The molecule has 3 rings (SSSR count). The third-order valence-electron chi connectivity index (χ3n) is 3.90. The van der Waals surface area contributed by atoms with Crippen LogP contribution in [0.4, 0.5) is 0 Å². The van der Waals surface area contributed by atoms with Crippen LogP contribution in [0.25, 0.3) is 0 Å². The van der Waals surface area contributed by atoms with Gasteiger partial charge < -0.3 is 10.1 Å². The van der Waals surface area contributed by atoms with Gasteiger partial charge in [0, 0.05) is 24.0 Å². The second-order valence-corrected chi connectivity index (χ2v) is 6.15. The highest BCUT2D eigenvalue weighted by Crippen LogP contribution is 2.21. The molecule has 1 aromatic carbocycles. The minimum atomic E-state index is -0.241. The number of carbonyl (C=O) groups excluding carboxylic acids is 1. The summed E-state index contributed by atoms with van der Waals surface area (Å²) in [6, 6.07) is 8.97. The molecule has 0 bridgehead atoms. The number of amides is 1. The summed E-state index contributed by atoms with van der Waals surface area (Å²) in [5.74, 6) is 0.455. The number of aromatic nitrogens is 4. The van der Waals surface area contributed by atoms with E-state index in [1.807, 2.05) is 30.7 Å². The fourth-order valence-electron chi connectivity index (χ4n) is 2.46. The molecule has 26 heavy (non-hydrogen) atoms. The van der Waals surface area contributed by atoms with Gasteiger partial charge in [0.05, 0.1) is 12.2 Å². The summed E-state index contributed by atoms with van der Waals surface area (Å²) in [7, 11) is 0. The van der Waals surface area contributed by atoms with Crippen molar-refractivity contribution >= 4 is 17.5 Å². The lowest BCUT2D eigenvalue weighted by Crippen LogP contribution is -2.25. The van der Waals surface area contributed by atoms with Crippen LogP contribution < -0.4 is 10.1 Å². The third kappa shape index (κ3) is 4.23. The van der Waals surface area contributed by atoms with Gasteiger partial charge in [0.2, 0.25) is 0 Å². The average Bonchev–Trinajstić information content (AvgIpc) is 3.29. The van der Waals surface area contributed by atoms with Crippen LogP contribution in [0.1, 0.15) is 28.7 Å². The number of aryl methyl sites for hydroxylation is 2. The van der Waals surface area contributed by atoms with Gasteiger partial charge in [-0.15, -0.1) is 0 Å². The number of ether oxygens (including phenoxy) is 1. The molecule has 0 saturated carbocycles. The number of nitrogens with one attached hydrogen (secondary N) is 1. The topological polar surface area (TPSA) is 74.0 Å². The fourth-order valence-corrected chi connectivity index (χ4v) is 2.58. The second kappa shape index (κ2) is 8.05. The molecular weight excluding hydrogens is 354 g/mol. The van der Waals surface area contributed by atoms with E-state index < -0.39 is 0 Å². The Labute approximate surface area is 156 Å². The van der Waals surface area contributed by atoms with Crippen molar-refractivity contribution in [3.05, 3.63) is 64.7 Å². The van der Waals surface area contributed by atoms with Gasteiger partial charge in [-0.2, -0.15) is 10.2 Å². The number of carbonyl (C=O) groups is 1. The molecule has 2 aromatic heterocycles. The van der Waals surface area contributed by atoms with Gasteiger partial charge in [-0.1, -0.05) is 11.6 Å². The Morgan fingerprint density at radius 1 is 1.31 bits per heavy atom. The normalized spacial score (nSPS) is 10.7. The van der Waals surface area contributed by atoms with Crippen LogP contribution in [0.2, 0.25) is 5.02 Å². The van der Waals surface area contributed by atoms with E-state index in [0.717, 1.165) is 17.8 Å². The summed E-state index contributed by atoms with van der Waals surface area (Å²) >= 11 is 6.00. The lowest BCUT2D eigenvalue weighted by Gasteiger charge is -2.08. The minimum Gasteiger partial charge on any atom is -0.471 e. The van der Waals surface area contributed by atoms with E-state index in [9.17, 15) is 4.79 Å². The number of hydrogen-bond acceptors (Lipinski definition) is 4. The third-order valence-corrected chi connectivity index (χ3v) is 4.32. The zero-order valence-electron chi connectivity index (χ0n) is 14.6. The van der Waals surface area contributed by atoms with Crippen molar-refractivity contribution in [2.75, 3.05) is 0 Å². The summed E-state index contributed by atoms with van der Waals surface area (Å²) in [6.07, 6.45) is 3.42.